The van der Waals surface area contributed by atoms with Crippen LogP contribution in [0.25, 0.3) is 108 Å². The molecule has 13 rings (SSSR count). The average molecular weight is 745 g/mol. The van der Waals surface area contributed by atoms with Crippen LogP contribution in [0.5, 0.6) is 5.75 Å². The zero-order valence-electron chi connectivity index (χ0n) is 30.7. The highest BCUT2D eigenvalue weighted by Gasteiger charge is 2.36. The quantitative estimate of drug-likeness (QED) is 0.168. The highest BCUT2D eigenvalue weighted by Crippen LogP contribution is 2.54. The lowest BCUT2D eigenvalue weighted by Crippen LogP contribution is -2.15. The van der Waals surface area contributed by atoms with Crippen molar-refractivity contribution in [3.63, 3.8) is 0 Å². The van der Waals surface area contributed by atoms with Gasteiger partial charge in [0, 0.05) is 53.6 Å². The number of thiophene rings is 1. The number of hydrogen-bond donors (Lipinski definition) is 0. The molecule has 0 saturated heterocycles. The summed E-state index contributed by atoms with van der Waals surface area (Å²) < 4.78 is 15.9. The summed E-state index contributed by atoms with van der Waals surface area (Å²) in [7, 11) is 0. The highest BCUT2D eigenvalue weighted by molar-refractivity contribution is 7.25. The van der Waals surface area contributed by atoms with Crippen LogP contribution in [0.15, 0.2) is 186 Å². The Hall–Kier alpha value is -6.94. The molecule has 3 heterocycles. The van der Waals surface area contributed by atoms with Crippen LogP contribution in [0.1, 0.15) is 11.5 Å². The Kier molecular flexibility index (Phi) is 6.47. The lowest BCUT2D eigenvalue weighted by molar-refractivity contribution is 0.270. The summed E-state index contributed by atoms with van der Waals surface area (Å²) in [6.07, 6.45) is 8.75. The predicted octanol–water partition coefficient (Wildman–Crippen LogP) is 15.4. The summed E-state index contributed by atoms with van der Waals surface area (Å²) >= 11 is 1.87. The molecule has 11 aromatic rings. The minimum atomic E-state index is -0.0223. The molecule has 1 aliphatic carbocycles. The van der Waals surface area contributed by atoms with Crippen LogP contribution < -0.4 is 4.74 Å². The zero-order valence-corrected chi connectivity index (χ0v) is 31.5. The number of furan rings is 1. The summed E-state index contributed by atoms with van der Waals surface area (Å²) in [6, 6.07) is 58.1. The van der Waals surface area contributed by atoms with Gasteiger partial charge in [-0.15, -0.1) is 11.3 Å². The molecule has 0 N–H and O–H groups in total. The largest absolute Gasteiger partial charge is 0.484 e. The number of hydrogen-bond acceptors (Lipinski definition) is 3. The van der Waals surface area contributed by atoms with Crippen molar-refractivity contribution in [1.82, 2.24) is 0 Å². The van der Waals surface area contributed by atoms with Gasteiger partial charge in [0.1, 0.15) is 23.0 Å². The standard InChI is InChI=1S/C54H32O2S/c1-2-12-35-33(11-1)29-45-37-14-6-9-19-47(37)56-54(45)53(35)52-41-17-4-3-16-40(41)51(34-22-24-39-38-15-7-10-20-49(38)57-50(39)30-34)44-28-31(21-25-42(44)52)32-23-26-48-43(27-32)36-13-5-8-18-46(36)55-48/h1-30,37,47H. The summed E-state index contributed by atoms with van der Waals surface area (Å²) in [6.45, 7) is 0. The van der Waals surface area contributed by atoms with Crippen LogP contribution in [-0.2, 0) is 0 Å². The van der Waals surface area contributed by atoms with E-state index in [-0.39, 0.29) is 12.0 Å². The molecular weight excluding hydrogens is 713 g/mol. The molecule has 0 spiro atoms. The highest BCUT2D eigenvalue weighted by atomic mass is 32.1. The van der Waals surface area contributed by atoms with Crippen molar-refractivity contribution in [2.24, 2.45) is 0 Å². The molecule has 2 aliphatic rings. The minimum absolute atomic E-state index is 0.0223. The monoisotopic (exact) mass is 744 g/mol. The van der Waals surface area contributed by atoms with Gasteiger partial charge in [-0.2, -0.15) is 0 Å². The fourth-order valence-corrected chi connectivity index (χ4v) is 11.0. The van der Waals surface area contributed by atoms with Crippen molar-refractivity contribution in [3.05, 3.63) is 188 Å². The van der Waals surface area contributed by atoms with Gasteiger partial charge in [-0.1, -0.05) is 133 Å². The molecule has 2 nitrogen and oxygen atoms in total. The number of allylic oxidation sites excluding steroid dienone is 2. The van der Waals surface area contributed by atoms with Crippen molar-refractivity contribution < 1.29 is 9.15 Å². The molecule has 0 amide bonds. The van der Waals surface area contributed by atoms with Gasteiger partial charge >= 0.3 is 0 Å². The van der Waals surface area contributed by atoms with Crippen LogP contribution in [0.4, 0.5) is 0 Å². The van der Waals surface area contributed by atoms with Crippen molar-refractivity contribution in [2.45, 2.75) is 12.0 Å². The first-order chi connectivity index (χ1) is 28.2. The van der Waals surface area contributed by atoms with Crippen LogP contribution in [0.2, 0.25) is 0 Å². The third kappa shape index (κ3) is 4.52. The lowest BCUT2D eigenvalue weighted by Gasteiger charge is -2.21. The van der Waals surface area contributed by atoms with E-state index in [9.17, 15) is 0 Å². The second-order valence-corrected chi connectivity index (χ2v) is 16.5. The van der Waals surface area contributed by atoms with Crippen molar-refractivity contribution >= 4 is 85.8 Å². The SMILES string of the molecule is C1=CC2Oc3c(cc4ccccc4c3-c3c4ccccc4c(-c4ccc5c(c4)sc4ccccc45)c4cc(-c5ccc6oc7ccccc7c6c5)ccc34)C2C=C1. The second kappa shape index (κ2) is 11.8. The molecule has 57 heavy (non-hydrogen) atoms. The van der Waals surface area contributed by atoms with E-state index in [1.54, 1.807) is 0 Å². The van der Waals surface area contributed by atoms with Crippen LogP contribution >= 0.6 is 11.3 Å². The number of para-hydroxylation sites is 1. The summed E-state index contributed by atoms with van der Waals surface area (Å²) in [5.74, 6) is 1.17. The average Bonchev–Trinajstić information content (AvgIpc) is 3.95. The molecule has 2 atom stereocenters. The third-order valence-corrected chi connectivity index (χ3v) is 13.5. The number of fused-ring (bicyclic) bond motifs is 12. The first-order valence-electron chi connectivity index (χ1n) is 19.6. The summed E-state index contributed by atoms with van der Waals surface area (Å²) in [5.41, 5.74) is 10.3. The Labute approximate surface area is 332 Å². The second-order valence-electron chi connectivity index (χ2n) is 15.4. The van der Waals surface area contributed by atoms with Gasteiger partial charge in [0.2, 0.25) is 0 Å². The van der Waals surface area contributed by atoms with E-state index in [1.807, 2.05) is 23.5 Å². The summed E-state index contributed by atoms with van der Waals surface area (Å²) in [4.78, 5) is 0. The molecule has 0 saturated carbocycles. The molecule has 2 unspecified atom stereocenters. The van der Waals surface area contributed by atoms with Gasteiger partial charge < -0.3 is 9.15 Å². The maximum absolute atomic E-state index is 7.01. The normalized spacial score (nSPS) is 16.1. The van der Waals surface area contributed by atoms with E-state index in [0.717, 1.165) is 33.3 Å². The molecule has 0 bridgehead atoms. The van der Waals surface area contributed by atoms with Gasteiger partial charge in [-0.25, -0.2) is 0 Å². The number of benzene rings is 9. The Morgan fingerprint density at radius 3 is 1.93 bits per heavy atom. The fraction of sp³-hybridized carbons (Fsp3) is 0.0370. The Morgan fingerprint density at radius 1 is 0.404 bits per heavy atom. The first kappa shape index (κ1) is 31.3. The van der Waals surface area contributed by atoms with Crippen LogP contribution in [0, 0.1) is 0 Å². The van der Waals surface area contributed by atoms with Gasteiger partial charge in [-0.05, 0) is 103 Å². The van der Waals surface area contributed by atoms with Crippen molar-refractivity contribution in [2.75, 3.05) is 0 Å². The van der Waals surface area contributed by atoms with E-state index < -0.39 is 0 Å². The first-order valence-corrected chi connectivity index (χ1v) is 20.5. The maximum Gasteiger partial charge on any atom is 0.135 e. The van der Waals surface area contributed by atoms with E-state index in [2.05, 4.69) is 170 Å². The zero-order chi connectivity index (χ0) is 37.2. The Bertz CT molecular complexity index is 3580. The number of ether oxygens (including phenoxy) is 1. The predicted molar refractivity (Wildman–Crippen MR) is 241 cm³/mol. The molecule has 2 aromatic heterocycles. The molecule has 9 aromatic carbocycles. The summed E-state index contributed by atoms with van der Waals surface area (Å²) in [5, 5.41) is 12.2. The van der Waals surface area contributed by atoms with Crippen LogP contribution in [0.3, 0.4) is 0 Å². The molecule has 266 valence electrons. The molecule has 3 heteroatoms. The van der Waals surface area contributed by atoms with Crippen molar-refractivity contribution in [1.29, 1.82) is 0 Å². The maximum atomic E-state index is 7.01. The topological polar surface area (TPSA) is 22.4 Å². The van der Waals surface area contributed by atoms with E-state index in [4.69, 9.17) is 9.15 Å². The van der Waals surface area contributed by atoms with Gasteiger partial charge in [0.15, 0.2) is 0 Å². The Balaban J connectivity index is 1.15. The fourth-order valence-electron chi connectivity index (χ4n) is 9.81. The molecule has 0 fully saturated rings. The minimum Gasteiger partial charge on any atom is -0.484 e. The van der Waals surface area contributed by atoms with Gasteiger partial charge in [0.25, 0.3) is 0 Å². The Morgan fingerprint density at radius 2 is 1.04 bits per heavy atom. The lowest BCUT2D eigenvalue weighted by atomic mass is 9.81. The van der Waals surface area contributed by atoms with Crippen molar-refractivity contribution in [3.8, 4) is 39.1 Å². The van der Waals surface area contributed by atoms with E-state index >= 15 is 0 Å². The van der Waals surface area contributed by atoms with Crippen LogP contribution in [-0.4, -0.2) is 6.10 Å². The molecule has 1 aliphatic heterocycles. The van der Waals surface area contributed by atoms with Gasteiger partial charge in [0.05, 0.1) is 0 Å². The van der Waals surface area contributed by atoms with Gasteiger partial charge in [-0.3, -0.25) is 0 Å². The molecular formula is C54H32O2S. The third-order valence-electron chi connectivity index (χ3n) is 12.4. The van der Waals surface area contributed by atoms with E-state index in [0.29, 0.717) is 0 Å². The number of rotatable bonds is 3. The van der Waals surface area contributed by atoms with E-state index in [1.165, 1.54) is 85.9 Å². The smallest absolute Gasteiger partial charge is 0.135 e. The molecule has 0 radical (unpaired) electrons.